The van der Waals surface area contributed by atoms with E-state index >= 15 is 0 Å². The monoisotopic (exact) mass is 418 g/mol. The lowest BCUT2D eigenvalue weighted by Gasteiger charge is -2.05. The largest absolute Gasteiger partial charge is 0.399 e. The lowest BCUT2D eigenvalue weighted by atomic mass is 10.1. The number of sulfone groups is 1. The first-order valence-corrected chi connectivity index (χ1v) is 11.0. The normalized spacial score (nSPS) is 14.0. The highest BCUT2D eigenvalue weighted by Crippen LogP contribution is 2.34. The average molecular weight is 418 g/mol. The molecule has 0 saturated heterocycles. The van der Waals surface area contributed by atoms with E-state index in [2.05, 4.69) is 15.1 Å². The molecule has 8 heteroatoms. The molecule has 0 aliphatic heterocycles. The van der Waals surface area contributed by atoms with Gasteiger partial charge in [-0.05, 0) is 37.1 Å². The van der Waals surface area contributed by atoms with Crippen molar-refractivity contribution < 1.29 is 12.9 Å². The van der Waals surface area contributed by atoms with Gasteiger partial charge in [0.15, 0.2) is 15.6 Å². The van der Waals surface area contributed by atoms with Crippen molar-refractivity contribution in [3.05, 3.63) is 67.0 Å². The first-order chi connectivity index (χ1) is 14.5. The van der Waals surface area contributed by atoms with Crippen LogP contribution in [-0.2, 0) is 9.84 Å². The molecule has 1 saturated carbocycles. The first-order valence-electron chi connectivity index (χ1n) is 9.50. The number of anilines is 1. The van der Waals surface area contributed by atoms with Gasteiger partial charge >= 0.3 is 0 Å². The summed E-state index contributed by atoms with van der Waals surface area (Å²) in [6.45, 7) is 0. The van der Waals surface area contributed by atoms with Gasteiger partial charge in [0.05, 0.1) is 28.2 Å². The molecule has 30 heavy (non-hydrogen) atoms. The maximum Gasteiger partial charge on any atom is 0.187 e. The van der Waals surface area contributed by atoms with E-state index in [0.717, 1.165) is 24.0 Å². The van der Waals surface area contributed by atoms with Crippen molar-refractivity contribution in [2.24, 2.45) is 0 Å². The third-order valence-corrected chi connectivity index (χ3v) is 7.32. The Labute approximate surface area is 173 Å². The Balaban J connectivity index is 1.43. The van der Waals surface area contributed by atoms with Crippen LogP contribution >= 0.6 is 0 Å². The Kier molecular flexibility index (Phi) is 4.36. The molecule has 1 aliphatic carbocycles. The van der Waals surface area contributed by atoms with Crippen molar-refractivity contribution in [3.63, 3.8) is 0 Å². The van der Waals surface area contributed by atoms with Crippen LogP contribution in [0.3, 0.4) is 0 Å². The Morgan fingerprint density at radius 3 is 2.20 bits per heavy atom. The summed E-state index contributed by atoms with van der Waals surface area (Å²) < 4.78 is 30.2. The maximum atomic E-state index is 12.4. The summed E-state index contributed by atoms with van der Waals surface area (Å²) in [6.07, 6.45) is 4.72. The van der Waals surface area contributed by atoms with Gasteiger partial charge in [-0.1, -0.05) is 29.4 Å². The Morgan fingerprint density at radius 1 is 0.867 bits per heavy atom. The van der Waals surface area contributed by atoms with Gasteiger partial charge in [0.2, 0.25) is 0 Å². The van der Waals surface area contributed by atoms with Crippen LogP contribution < -0.4 is 5.73 Å². The fourth-order valence-electron chi connectivity index (χ4n) is 3.20. The number of nitrogens with two attached hydrogens (primary N) is 1. The van der Waals surface area contributed by atoms with Gasteiger partial charge in [-0.2, -0.15) is 0 Å². The van der Waals surface area contributed by atoms with Crippen LogP contribution in [0.5, 0.6) is 0 Å². The second kappa shape index (κ2) is 7.07. The third kappa shape index (κ3) is 3.46. The molecule has 150 valence electrons. The molecule has 2 heterocycles. The van der Waals surface area contributed by atoms with Crippen molar-refractivity contribution in [1.82, 2.24) is 15.1 Å². The lowest BCUT2D eigenvalue weighted by molar-refractivity contribution is 0.433. The molecule has 1 fully saturated rings. The third-order valence-electron chi connectivity index (χ3n) is 5.05. The summed E-state index contributed by atoms with van der Waals surface area (Å²) in [4.78, 5) is 9.21. The second-order valence-electron chi connectivity index (χ2n) is 7.26. The molecule has 0 radical (unpaired) electrons. The zero-order valence-electron chi connectivity index (χ0n) is 15.9. The fourth-order valence-corrected chi connectivity index (χ4v) is 4.85. The molecule has 0 unspecified atom stereocenters. The van der Waals surface area contributed by atoms with Crippen molar-refractivity contribution in [2.75, 3.05) is 5.73 Å². The van der Waals surface area contributed by atoms with Crippen LogP contribution in [0.1, 0.15) is 12.8 Å². The minimum absolute atomic E-state index is 0.229. The minimum Gasteiger partial charge on any atom is -0.399 e. The van der Waals surface area contributed by atoms with E-state index in [4.69, 9.17) is 10.3 Å². The van der Waals surface area contributed by atoms with Gasteiger partial charge in [-0.15, -0.1) is 0 Å². The van der Waals surface area contributed by atoms with E-state index in [9.17, 15) is 8.42 Å². The zero-order chi connectivity index (χ0) is 20.7. The number of nitrogens with zero attached hydrogens (tertiary/aromatic N) is 3. The summed E-state index contributed by atoms with van der Waals surface area (Å²) in [5, 5.41) is 3.88. The number of nitrogen functional groups attached to an aromatic ring is 1. The van der Waals surface area contributed by atoms with Gasteiger partial charge < -0.3 is 10.3 Å². The molecule has 1 aliphatic rings. The average Bonchev–Trinajstić information content (AvgIpc) is 3.53. The summed E-state index contributed by atoms with van der Waals surface area (Å²) in [7, 11) is -3.21. The molecule has 5 rings (SSSR count). The predicted octanol–water partition coefficient (Wildman–Crippen LogP) is 3.98. The highest BCUT2D eigenvalue weighted by atomic mass is 32.2. The first kappa shape index (κ1) is 18.5. The van der Waals surface area contributed by atoms with Crippen LogP contribution in [0.15, 0.2) is 76.4 Å². The van der Waals surface area contributed by atoms with E-state index in [0.29, 0.717) is 33.4 Å². The second-order valence-corrected chi connectivity index (χ2v) is 9.48. The Bertz CT molecular complexity index is 1310. The van der Waals surface area contributed by atoms with Gasteiger partial charge in [0, 0.05) is 22.9 Å². The van der Waals surface area contributed by atoms with E-state index < -0.39 is 9.84 Å². The molecule has 0 bridgehead atoms. The number of benzene rings is 2. The van der Waals surface area contributed by atoms with E-state index in [1.165, 1.54) is 0 Å². The van der Waals surface area contributed by atoms with E-state index in [1.54, 1.807) is 54.9 Å². The predicted molar refractivity (Wildman–Crippen MR) is 113 cm³/mol. The number of rotatable bonds is 5. The van der Waals surface area contributed by atoms with Crippen LogP contribution in [0.2, 0.25) is 0 Å². The molecule has 4 aromatic rings. The van der Waals surface area contributed by atoms with Gasteiger partial charge in [-0.3, -0.25) is 4.98 Å². The maximum absolute atomic E-state index is 12.4. The molecule has 0 amide bonds. The molecular weight excluding hydrogens is 400 g/mol. The van der Waals surface area contributed by atoms with Crippen LogP contribution in [0.4, 0.5) is 5.69 Å². The molecule has 0 spiro atoms. The van der Waals surface area contributed by atoms with Crippen molar-refractivity contribution >= 4 is 15.5 Å². The smallest absolute Gasteiger partial charge is 0.187 e. The van der Waals surface area contributed by atoms with Crippen LogP contribution in [-0.4, -0.2) is 28.8 Å². The number of hydrogen-bond acceptors (Lipinski definition) is 7. The number of hydrogen-bond donors (Lipinski definition) is 1. The summed E-state index contributed by atoms with van der Waals surface area (Å²) in [5.41, 5.74) is 9.90. The highest BCUT2D eigenvalue weighted by molar-refractivity contribution is 7.92. The van der Waals surface area contributed by atoms with Crippen molar-refractivity contribution in [2.45, 2.75) is 23.0 Å². The summed E-state index contributed by atoms with van der Waals surface area (Å²) in [5.74, 6) is 0.490. The lowest BCUT2D eigenvalue weighted by Crippen LogP contribution is -2.06. The van der Waals surface area contributed by atoms with E-state index in [-0.39, 0.29) is 5.25 Å². The van der Waals surface area contributed by atoms with Crippen molar-refractivity contribution in [3.8, 4) is 34.0 Å². The fraction of sp³-hybridized carbons (Fsp3) is 0.136. The standard InChI is InChI=1S/C22H18N4O3S/c23-16-5-1-14(2-6-16)19-11-22(29-26-19)21-13-24-12-20(25-21)15-3-7-17(8-4-15)30(27,28)18-9-10-18/h1-8,11-13,18H,9-10,23H2. The van der Waals surface area contributed by atoms with Gasteiger partial charge in [0.25, 0.3) is 0 Å². The molecular formula is C22H18N4O3S. The summed E-state index contributed by atoms with van der Waals surface area (Å²) in [6, 6.07) is 15.9. The molecule has 0 atom stereocenters. The molecule has 2 aromatic carbocycles. The number of aromatic nitrogens is 3. The van der Waals surface area contributed by atoms with E-state index in [1.807, 2.05) is 12.1 Å². The molecule has 2 N–H and O–H groups in total. The van der Waals surface area contributed by atoms with Crippen molar-refractivity contribution in [1.29, 1.82) is 0 Å². The van der Waals surface area contributed by atoms with Crippen LogP contribution in [0, 0.1) is 0 Å². The minimum atomic E-state index is -3.21. The van der Waals surface area contributed by atoms with Gasteiger partial charge in [0.1, 0.15) is 11.4 Å². The topological polar surface area (TPSA) is 112 Å². The van der Waals surface area contributed by atoms with Crippen LogP contribution in [0.25, 0.3) is 34.0 Å². The molecule has 2 aromatic heterocycles. The molecule has 7 nitrogen and oxygen atoms in total. The van der Waals surface area contributed by atoms with Gasteiger partial charge in [-0.25, -0.2) is 13.4 Å². The summed E-state index contributed by atoms with van der Waals surface area (Å²) >= 11 is 0. The highest BCUT2D eigenvalue weighted by Gasteiger charge is 2.36. The zero-order valence-corrected chi connectivity index (χ0v) is 16.7. The Hall–Kier alpha value is -3.52. The quantitative estimate of drug-likeness (QED) is 0.488. The SMILES string of the molecule is Nc1ccc(-c2cc(-c3cncc(-c4ccc(S(=O)(=O)C5CC5)cc4)n3)on2)cc1. The Morgan fingerprint density at radius 2 is 1.50 bits per heavy atom.